The number of nitrogens with one attached hydrogen (secondary N) is 1. The van der Waals surface area contributed by atoms with Crippen LogP contribution in [-0.4, -0.2) is 25.8 Å². The summed E-state index contributed by atoms with van der Waals surface area (Å²) < 4.78 is 5.51. The van der Waals surface area contributed by atoms with Crippen molar-refractivity contribution in [3.8, 4) is 0 Å². The van der Waals surface area contributed by atoms with Crippen LogP contribution in [0.1, 0.15) is 53.4 Å². The highest BCUT2D eigenvalue weighted by Gasteiger charge is 2.29. The summed E-state index contributed by atoms with van der Waals surface area (Å²) in [5, 5.41) is 3.67. The van der Waals surface area contributed by atoms with E-state index in [2.05, 4.69) is 33.0 Å². The van der Waals surface area contributed by atoms with Crippen LogP contribution in [0.5, 0.6) is 0 Å². The highest BCUT2D eigenvalue weighted by Crippen LogP contribution is 2.35. The van der Waals surface area contributed by atoms with Crippen molar-refractivity contribution in [1.82, 2.24) is 5.32 Å². The lowest BCUT2D eigenvalue weighted by atomic mass is 9.73. The molecule has 0 aromatic heterocycles. The van der Waals surface area contributed by atoms with Gasteiger partial charge in [0.25, 0.3) is 0 Å². The molecule has 0 radical (unpaired) electrons. The summed E-state index contributed by atoms with van der Waals surface area (Å²) in [6, 6.07) is 0.664. The molecule has 2 heteroatoms. The third kappa shape index (κ3) is 5.39. The standard InChI is InChI=1S/C15H31NO/c1-5-16-15(7-8-17-6-2)14-10-12(3)9-13(4)11-14/h12-16H,5-11H2,1-4H3. The minimum absolute atomic E-state index is 0.664. The van der Waals surface area contributed by atoms with E-state index >= 15 is 0 Å². The summed E-state index contributed by atoms with van der Waals surface area (Å²) in [6.45, 7) is 11.9. The van der Waals surface area contributed by atoms with Gasteiger partial charge in [0.1, 0.15) is 0 Å². The van der Waals surface area contributed by atoms with E-state index in [0.29, 0.717) is 6.04 Å². The Labute approximate surface area is 108 Å². The van der Waals surface area contributed by atoms with E-state index in [4.69, 9.17) is 4.74 Å². The topological polar surface area (TPSA) is 21.3 Å². The van der Waals surface area contributed by atoms with Gasteiger partial charge in [-0.25, -0.2) is 0 Å². The summed E-state index contributed by atoms with van der Waals surface area (Å²) in [5.74, 6) is 2.66. The van der Waals surface area contributed by atoms with E-state index in [0.717, 1.165) is 37.5 Å². The first-order valence-corrected chi connectivity index (χ1v) is 7.48. The van der Waals surface area contributed by atoms with Crippen molar-refractivity contribution in [3.05, 3.63) is 0 Å². The molecule has 1 rings (SSSR count). The Morgan fingerprint density at radius 2 is 1.76 bits per heavy atom. The van der Waals surface area contributed by atoms with E-state index in [-0.39, 0.29) is 0 Å². The van der Waals surface area contributed by atoms with Crippen LogP contribution in [0.25, 0.3) is 0 Å². The van der Waals surface area contributed by atoms with Crippen LogP contribution in [0, 0.1) is 17.8 Å². The van der Waals surface area contributed by atoms with E-state index in [1.807, 2.05) is 0 Å². The zero-order valence-corrected chi connectivity index (χ0v) is 12.2. The SMILES string of the molecule is CCNC(CCOCC)C1CC(C)CC(C)C1. The first-order valence-electron chi connectivity index (χ1n) is 7.48. The second-order valence-corrected chi connectivity index (χ2v) is 5.83. The fourth-order valence-corrected chi connectivity index (χ4v) is 3.46. The van der Waals surface area contributed by atoms with Crippen LogP contribution in [-0.2, 0) is 4.74 Å². The van der Waals surface area contributed by atoms with Gasteiger partial charge in [0.05, 0.1) is 0 Å². The molecular formula is C15H31NO. The molecular weight excluding hydrogens is 210 g/mol. The zero-order chi connectivity index (χ0) is 12.7. The predicted molar refractivity (Wildman–Crippen MR) is 74.2 cm³/mol. The molecule has 0 aliphatic heterocycles. The largest absolute Gasteiger partial charge is 0.382 e. The summed E-state index contributed by atoms with van der Waals surface area (Å²) in [4.78, 5) is 0. The fraction of sp³-hybridized carbons (Fsp3) is 1.00. The Morgan fingerprint density at radius 1 is 1.12 bits per heavy atom. The molecule has 3 unspecified atom stereocenters. The Morgan fingerprint density at radius 3 is 2.29 bits per heavy atom. The number of hydrogen-bond acceptors (Lipinski definition) is 2. The third-order valence-corrected chi connectivity index (χ3v) is 4.03. The van der Waals surface area contributed by atoms with E-state index in [1.54, 1.807) is 0 Å². The highest BCUT2D eigenvalue weighted by molar-refractivity contribution is 4.83. The molecule has 0 aromatic carbocycles. The predicted octanol–water partition coefficient (Wildman–Crippen LogP) is 3.46. The molecule has 0 bridgehead atoms. The molecule has 0 spiro atoms. The van der Waals surface area contributed by atoms with Crippen molar-refractivity contribution in [2.45, 2.75) is 59.4 Å². The normalized spacial score (nSPS) is 31.4. The van der Waals surface area contributed by atoms with Gasteiger partial charge >= 0.3 is 0 Å². The third-order valence-electron chi connectivity index (χ3n) is 4.03. The molecule has 1 saturated carbocycles. The molecule has 1 fully saturated rings. The van der Waals surface area contributed by atoms with Crippen molar-refractivity contribution in [2.24, 2.45) is 17.8 Å². The van der Waals surface area contributed by atoms with Gasteiger partial charge in [-0.15, -0.1) is 0 Å². The lowest BCUT2D eigenvalue weighted by Crippen LogP contribution is -2.40. The van der Waals surface area contributed by atoms with Crippen molar-refractivity contribution in [3.63, 3.8) is 0 Å². The maximum atomic E-state index is 5.51. The molecule has 2 nitrogen and oxygen atoms in total. The average Bonchev–Trinajstić information content (AvgIpc) is 2.27. The van der Waals surface area contributed by atoms with Crippen molar-refractivity contribution in [1.29, 1.82) is 0 Å². The monoisotopic (exact) mass is 241 g/mol. The molecule has 1 aliphatic rings. The van der Waals surface area contributed by atoms with Gasteiger partial charge in [-0.05, 0) is 56.9 Å². The first-order chi connectivity index (χ1) is 8.17. The Balaban J connectivity index is 2.43. The Kier molecular flexibility index (Phi) is 7.14. The van der Waals surface area contributed by atoms with Crippen molar-refractivity contribution in [2.75, 3.05) is 19.8 Å². The second-order valence-electron chi connectivity index (χ2n) is 5.83. The maximum absolute atomic E-state index is 5.51. The van der Waals surface area contributed by atoms with E-state index < -0.39 is 0 Å². The number of ether oxygens (including phenoxy) is 1. The molecule has 3 atom stereocenters. The summed E-state index contributed by atoms with van der Waals surface area (Å²) in [6.07, 6.45) is 5.38. The fourth-order valence-electron chi connectivity index (χ4n) is 3.46. The van der Waals surface area contributed by atoms with Gasteiger partial charge < -0.3 is 10.1 Å². The molecule has 102 valence electrons. The van der Waals surface area contributed by atoms with Gasteiger partial charge in [-0.1, -0.05) is 20.8 Å². The van der Waals surface area contributed by atoms with Gasteiger partial charge in [0.2, 0.25) is 0 Å². The zero-order valence-electron chi connectivity index (χ0n) is 12.2. The van der Waals surface area contributed by atoms with E-state index in [1.165, 1.54) is 25.7 Å². The minimum atomic E-state index is 0.664. The minimum Gasteiger partial charge on any atom is -0.382 e. The van der Waals surface area contributed by atoms with E-state index in [9.17, 15) is 0 Å². The van der Waals surface area contributed by atoms with Crippen LogP contribution in [0.4, 0.5) is 0 Å². The smallest absolute Gasteiger partial charge is 0.0480 e. The van der Waals surface area contributed by atoms with Gasteiger partial charge in [-0.3, -0.25) is 0 Å². The molecule has 1 aliphatic carbocycles. The highest BCUT2D eigenvalue weighted by atomic mass is 16.5. The lowest BCUT2D eigenvalue weighted by molar-refractivity contribution is 0.110. The van der Waals surface area contributed by atoms with Crippen molar-refractivity contribution >= 4 is 0 Å². The molecule has 0 heterocycles. The Bertz CT molecular complexity index is 185. The first kappa shape index (κ1) is 15.0. The molecule has 0 saturated heterocycles. The molecule has 0 amide bonds. The van der Waals surface area contributed by atoms with Crippen LogP contribution in [0.3, 0.4) is 0 Å². The van der Waals surface area contributed by atoms with Crippen molar-refractivity contribution < 1.29 is 4.74 Å². The second kappa shape index (κ2) is 8.10. The lowest BCUT2D eigenvalue weighted by Gasteiger charge is -2.37. The Hall–Kier alpha value is -0.0800. The van der Waals surface area contributed by atoms with Crippen LogP contribution in [0.15, 0.2) is 0 Å². The van der Waals surface area contributed by atoms with Crippen LogP contribution in [0.2, 0.25) is 0 Å². The average molecular weight is 241 g/mol. The van der Waals surface area contributed by atoms with Gasteiger partial charge in [0.15, 0.2) is 0 Å². The summed E-state index contributed by atoms with van der Waals surface area (Å²) >= 11 is 0. The molecule has 0 aromatic rings. The summed E-state index contributed by atoms with van der Waals surface area (Å²) in [7, 11) is 0. The maximum Gasteiger partial charge on any atom is 0.0480 e. The van der Waals surface area contributed by atoms with Gasteiger partial charge in [-0.2, -0.15) is 0 Å². The molecule has 17 heavy (non-hydrogen) atoms. The van der Waals surface area contributed by atoms with Crippen LogP contribution >= 0.6 is 0 Å². The number of rotatable bonds is 7. The van der Waals surface area contributed by atoms with Crippen LogP contribution < -0.4 is 5.32 Å². The van der Waals surface area contributed by atoms with Gasteiger partial charge in [0, 0.05) is 19.3 Å². The number of hydrogen-bond donors (Lipinski definition) is 1. The quantitative estimate of drug-likeness (QED) is 0.689. The summed E-state index contributed by atoms with van der Waals surface area (Å²) in [5.41, 5.74) is 0. The molecule has 1 N–H and O–H groups in total.